The first-order valence-electron chi connectivity index (χ1n) is 9.17. The standard InChI is InChI=1S/C11H11.C9H13.2CH3.2ClH.GeH2.Zr/c1-8-7-10-5-3-4-6-11(10)9(8)2;1-9(2,3)8-6-4-5-7-8;;;;;;/h3-7H,1-2H3;6-7H,4H2,1-3H3;2*1H3;2*1H;1H2;. The number of benzene rings is 1. The van der Waals surface area contributed by atoms with Crippen LogP contribution < -0.4 is 0 Å². The van der Waals surface area contributed by atoms with Crippen molar-refractivity contribution >= 4 is 42.5 Å². The number of rotatable bonds is 2. The van der Waals surface area contributed by atoms with E-state index >= 15 is 0 Å². The second-order valence-electron chi connectivity index (χ2n) is 9.92. The van der Waals surface area contributed by atoms with Crippen LogP contribution in [-0.4, -0.2) is 12.1 Å². The van der Waals surface area contributed by atoms with E-state index in [0.717, 1.165) is 0 Å². The van der Waals surface area contributed by atoms with Crippen LogP contribution in [0.5, 0.6) is 0 Å². The summed E-state index contributed by atoms with van der Waals surface area (Å²) in [6.07, 6.45) is 6.33. The first-order chi connectivity index (χ1) is 10.9. The van der Waals surface area contributed by atoms with Crippen molar-refractivity contribution in [2.75, 3.05) is 0 Å². The normalized spacial score (nSPS) is 20.1. The molecule has 0 radical (unpaired) electrons. The second-order valence-corrected chi connectivity index (χ2v) is 53.7. The van der Waals surface area contributed by atoms with Crippen LogP contribution in [0.15, 0.2) is 50.8 Å². The molecule has 4 heteroatoms. The molecule has 0 saturated carbocycles. The quantitative estimate of drug-likeness (QED) is 0.361. The van der Waals surface area contributed by atoms with E-state index in [1.807, 2.05) is 3.28 Å². The van der Waals surface area contributed by atoms with Gasteiger partial charge in [0.2, 0.25) is 0 Å². The molecule has 1 aromatic rings. The van der Waals surface area contributed by atoms with Gasteiger partial charge in [0, 0.05) is 0 Å². The summed E-state index contributed by atoms with van der Waals surface area (Å²) in [5.41, 5.74) is 8.16. The fourth-order valence-electron chi connectivity index (χ4n) is 4.75. The van der Waals surface area contributed by atoms with Gasteiger partial charge in [-0.3, -0.25) is 0 Å². The number of hydrogen-bond donors (Lipinski definition) is 0. The predicted molar refractivity (Wildman–Crippen MR) is 122 cm³/mol. The average Bonchev–Trinajstić information content (AvgIpc) is 3.05. The van der Waals surface area contributed by atoms with Crippen LogP contribution in [0.3, 0.4) is 0 Å². The molecule has 144 valence electrons. The van der Waals surface area contributed by atoms with Crippen molar-refractivity contribution < 1.29 is 15.7 Å². The molecule has 2 aliphatic rings. The summed E-state index contributed by atoms with van der Waals surface area (Å²) in [6, 6.07) is 9.18. The number of fused-ring (bicyclic) bond motifs is 1. The summed E-state index contributed by atoms with van der Waals surface area (Å²) in [6.45, 7) is 11.8. The van der Waals surface area contributed by atoms with Crippen LogP contribution in [0, 0.1) is 5.41 Å². The van der Waals surface area contributed by atoms with Crippen molar-refractivity contribution in [2.24, 2.45) is 5.41 Å². The summed E-state index contributed by atoms with van der Waals surface area (Å²) in [5, 5.41) is 0. The molecule has 0 fully saturated rings. The molecule has 1 atom stereocenters. The Morgan fingerprint density at radius 3 is 2.15 bits per heavy atom. The van der Waals surface area contributed by atoms with Crippen molar-refractivity contribution in [1.29, 1.82) is 0 Å². The molecule has 1 aromatic carbocycles. The largest absolute Gasteiger partial charge is 0.147 e. The SMILES string of the molecule is CC1=C(C)[CH]([Zr]([CH3])([CH3])(=[GeH2])[C]2=CC(C(C)(C)C)=CC2)c2ccccc21.Cl.Cl. The third-order valence-electron chi connectivity index (χ3n) is 6.42. The van der Waals surface area contributed by atoms with Crippen molar-refractivity contribution in [2.45, 2.75) is 53.9 Å². The van der Waals surface area contributed by atoms with Crippen molar-refractivity contribution in [1.82, 2.24) is 0 Å². The predicted octanol–water partition coefficient (Wildman–Crippen LogP) is 6.97. The Labute approximate surface area is 178 Å². The molecule has 0 N–H and O–H groups in total. The number of allylic oxidation sites excluding steroid dienone is 6. The summed E-state index contributed by atoms with van der Waals surface area (Å²) >= 11 is -1.51. The average molecular weight is 533 g/mol. The minimum atomic E-state index is -2.99. The second kappa shape index (κ2) is 7.70. The molecule has 0 aliphatic heterocycles. The van der Waals surface area contributed by atoms with E-state index in [-0.39, 0.29) is 30.2 Å². The molecule has 26 heavy (non-hydrogen) atoms. The molecule has 0 amide bonds. The smallest absolute Gasteiger partial charge is 0.147 e. The molecule has 0 nitrogen and oxygen atoms in total. The minimum absolute atomic E-state index is 0. The van der Waals surface area contributed by atoms with Crippen molar-refractivity contribution in [3.05, 3.63) is 62.0 Å². The van der Waals surface area contributed by atoms with Gasteiger partial charge in [0.1, 0.15) is 0 Å². The zero-order chi connectivity index (χ0) is 17.9. The van der Waals surface area contributed by atoms with Gasteiger partial charge in [-0.1, -0.05) is 0 Å². The maximum Gasteiger partial charge on any atom is -0.147 e. The zero-order valence-corrected chi connectivity index (χ0v) is 24.3. The first-order valence-corrected chi connectivity index (χ1v) is 27.3. The van der Waals surface area contributed by atoms with E-state index in [4.69, 9.17) is 0 Å². The van der Waals surface area contributed by atoms with Gasteiger partial charge in [-0.25, -0.2) is 0 Å². The monoisotopic (exact) mass is 532 g/mol. The third kappa shape index (κ3) is 3.93. The summed E-state index contributed by atoms with van der Waals surface area (Å²) < 4.78 is 7.98. The van der Waals surface area contributed by atoms with E-state index in [0.29, 0.717) is 3.63 Å². The molecule has 0 aromatic heterocycles. The maximum atomic E-state index is 2.72. The molecule has 3 rings (SSSR count). The Hall–Kier alpha value is 0.446. The molecule has 0 saturated heterocycles. The van der Waals surface area contributed by atoms with Crippen LogP contribution in [0.1, 0.15) is 55.8 Å². The molecule has 0 bridgehead atoms. The maximum absolute atomic E-state index is 2.99. The van der Waals surface area contributed by atoms with Gasteiger partial charge in [-0.15, -0.1) is 24.8 Å². The Morgan fingerprint density at radius 1 is 1.04 bits per heavy atom. The molecule has 1 unspecified atom stereocenters. The molecular weight excluding hydrogens is 499 g/mol. The molecule has 0 heterocycles. The van der Waals surface area contributed by atoms with Gasteiger partial charge in [0.25, 0.3) is 0 Å². The van der Waals surface area contributed by atoms with Gasteiger partial charge in [-0.05, 0) is 0 Å². The zero-order valence-electron chi connectivity index (χ0n) is 17.3. The third-order valence-corrected chi connectivity index (χ3v) is 29.5. The summed E-state index contributed by atoms with van der Waals surface area (Å²) in [5.74, 6) is 0. The molecule has 2 aliphatic carbocycles. The van der Waals surface area contributed by atoms with Gasteiger partial charge in [-0.2, -0.15) is 0 Å². The molecule has 0 spiro atoms. The topological polar surface area (TPSA) is 0 Å². The Bertz CT molecular complexity index is 876. The van der Waals surface area contributed by atoms with Crippen LogP contribution in [-0.2, 0) is 15.7 Å². The summed E-state index contributed by atoms with van der Waals surface area (Å²) in [7, 11) is 0. The van der Waals surface area contributed by atoms with E-state index in [1.54, 1.807) is 16.7 Å². The van der Waals surface area contributed by atoms with Crippen LogP contribution in [0.2, 0.25) is 9.26 Å². The Balaban J connectivity index is 0.00000169. The van der Waals surface area contributed by atoms with Crippen molar-refractivity contribution in [3.63, 3.8) is 0 Å². The van der Waals surface area contributed by atoms with Gasteiger partial charge in [0.15, 0.2) is 0 Å². The first kappa shape index (κ1) is 24.5. The van der Waals surface area contributed by atoms with Gasteiger partial charge < -0.3 is 0 Å². The molecular formula is C22H34Cl2GeZr. The van der Waals surface area contributed by atoms with Crippen molar-refractivity contribution in [3.8, 4) is 0 Å². The number of halogens is 2. The van der Waals surface area contributed by atoms with E-state index in [1.165, 1.54) is 29.7 Å². The summed E-state index contributed by atoms with van der Waals surface area (Å²) in [4.78, 5) is 0. The number of hydrogen-bond acceptors (Lipinski definition) is 0. The van der Waals surface area contributed by atoms with Crippen LogP contribution in [0.4, 0.5) is 0 Å². The van der Waals surface area contributed by atoms with E-state index in [2.05, 4.69) is 80.3 Å². The van der Waals surface area contributed by atoms with E-state index < -0.39 is 15.7 Å². The van der Waals surface area contributed by atoms with Gasteiger partial charge >= 0.3 is 155 Å². The fraction of sp³-hybridized carbons (Fsp3) is 0.455. The van der Waals surface area contributed by atoms with E-state index in [9.17, 15) is 0 Å². The van der Waals surface area contributed by atoms with Crippen LogP contribution in [0.25, 0.3) is 5.57 Å². The fourth-order valence-corrected chi connectivity index (χ4v) is 25.7. The Kier molecular flexibility index (Phi) is 7.25. The van der Waals surface area contributed by atoms with Gasteiger partial charge in [0.05, 0.1) is 0 Å². The minimum Gasteiger partial charge on any atom is -0.147 e. The Morgan fingerprint density at radius 2 is 1.62 bits per heavy atom. The van der Waals surface area contributed by atoms with Crippen LogP contribution >= 0.6 is 24.8 Å².